The summed E-state index contributed by atoms with van der Waals surface area (Å²) in [6.07, 6.45) is 2.07. The van der Waals surface area contributed by atoms with Crippen molar-refractivity contribution in [3.05, 3.63) is 96.1 Å². The smallest absolute Gasteiger partial charge is 0.243 e. The Morgan fingerprint density at radius 2 is 1.54 bits per heavy atom. The molecule has 3 aromatic rings. The zero-order valence-corrected chi connectivity index (χ0v) is 22.1. The SMILES string of the molecule is CC[C@H](C)NC(=O)[C@H](Cc1ccccc1)N(Cc1cccc(OC)c1)C(=O)CCCOc1ccccc1. The van der Waals surface area contributed by atoms with Gasteiger partial charge in [0.2, 0.25) is 11.8 Å². The van der Waals surface area contributed by atoms with E-state index in [4.69, 9.17) is 9.47 Å². The minimum Gasteiger partial charge on any atom is -0.497 e. The molecule has 0 aliphatic carbocycles. The van der Waals surface area contributed by atoms with E-state index in [0.29, 0.717) is 31.7 Å². The van der Waals surface area contributed by atoms with E-state index in [1.54, 1.807) is 12.0 Å². The van der Waals surface area contributed by atoms with Crippen LogP contribution in [0, 0.1) is 0 Å². The first-order valence-electron chi connectivity index (χ1n) is 12.9. The first kappa shape index (κ1) is 27.8. The maximum absolute atomic E-state index is 13.7. The Morgan fingerprint density at radius 3 is 2.22 bits per heavy atom. The lowest BCUT2D eigenvalue weighted by Gasteiger charge is -2.32. The summed E-state index contributed by atoms with van der Waals surface area (Å²) in [7, 11) is 1.62. The van der Waals surface area contributed by atoms with Gasteiger partial charge in [0.15, 0.2) is 0 Å². The molecule has 3 rings (SSSR count). The Balaban J connectivity index is 1.82. The van der Waals surface area contributed by atoms with Crippen LogP contribution < -0.4 is 14.8 Å². The van der Waals surface area contributed by atoms with E-state index in [9.17, 15) is 9.59 Å². The molecular weight excluding hydrogens is 464 g/mol. The predicted molar refractivity (Wildman–Crippen MR) is 147 cm³/mol. The van der Waals surface area contributed by atoms with Gasteiger partial charge in [0.1, 0.15) is 17.5 Å². The van der Waals surface area contributed by atoms with Gasteiger partial charge in [-0.05, 0) is 55.2 Å². The topological polar surface area (TPSA) is 67.9 Å². The molecule has 0 aliphatic rings. The van der Waals surface area contributed by atoms with Crippen molar-refractivity contribution in [3.63, 3.8) is 0 Å². The molecule has 0 bridgehead atoms. The average Bonchev–Trinajstić information content (AvgIpc) is 2.94. The highest BCUT2D eigenvalue weighted by Gasteiger charge is 2.30. The maximum Gasteiger partial charge on any atom is 0.243 e. The molecule has 3 aromatic carbocycles. The average molecular weight is 503 g/mol. The van der Waals surface area contributed by atoms with Crippen LogP contribution in [-0.4, -0.2) is 42.5 Å². The summed E-state index contributed by atoms with van der Waals surface area (Å²) in [6.45, 7) is 4.74. The fraction of sp³-hybridized carbons (Fsp3) is 0.355. The summed E-state index contributed by atoms with van der Waals surface area (Å²) in [4.78, 5) is 28.9. The molecule has 2 amide bonds. The number of hydrogen-bond donors (Lipinski definition) is 1. The van der Waals surface area contributed by atoms with Gasteiger partial charge >= 0.3 is 0 Å². The number of hydrogen-bond acceptors (Lipinski definition) is 4. The minimum absolute atomic E-state index is 0.0128. The Labute approximate surface area is 220 Å². The van der Waals surface area contributed by atoms with E-state index in [-0.39, 0.29) is 24.3 Å². The molecule has 0 aromatic heterocycles. The Hall–Kier alpha value is -3.80. The van der Waals surface area contributed by atoms with Crippen LogP contribution >= 0.6 is 0 Å². The molecule has 2 atom stereocenters. The van der Waals surface area contributed by atoms with Crippen LogP contribution in [0.25, 0.3) is 0 Å². The van der Waals surface area contributed by atoms with Crippen LogP contribution in [0.5, 0.6) is 11.5 Å². The lowest BCUT2D eigenvalue weighted by molar-refractivity contribution is -0.141. The Bertz CT molecular complexity index is 1100. The first-order chi connectivity index (χ1) is 18.0. The van der Waals surface area contributed by atoms with Crippen LogP contribution in [0.3, 0.4) is 0 Å². The normalized spacial score (nSPS) is 12.3. The van der Waals surface area contributed by atoms with Crippen molar-refractivity contribution in [1.82, 2.24) is 10.2 Å². The number of para-hydroxylation sites is 1. The third-order valence-corrected chi connectivity index (χ3v) is 6.31. The van der Waals surface area contributed by atoms with Gasteiger partial charge in [-0.15, -0.1) is 0 Å². The van der Waals surface area contributed by atoms with Crippen LogP contribution in [0.1, 0.15) is 44.2 Å². The quantitative estimate of drug-likeness (QED) is 0.299. The van der Waals surface area contributed by atoms with E-state index >= 15 is 0 Å². The van der Waals surface area contributed by atoms with E-state index in [1.807, 2.05) is 98.8 Å². The van der Waals surface area contributed by atoms with Gasteiger partial charge in [0, 0.05) is 25.4 Å². The molecule has 0 unspecified atom stereocenters. The zero-order valence-electron chi connectivity index (χ0n) is 22.1. The second-order valence-corrected chi connectivity index (χ2v) is 9.16. The van der Waals surface area contributed by atoms with Gasteiger partial charge in [-0.3, -0.25) is 9.59 Å². The first-order valence-corrected chi connectivity index (χ1v) is 12.9. The fourth-order valence-corrected chi connectivity index (χ4v) is 4.04. The number of carbonyl (C=O) groups excluding carboxylic acids is 2. The summed E-state index contributed by atoms with van der Waals surface area (Å²) in [5, 5.41) is 3.10. The number of methoxy groups -OCH3 is 1. The third kappa shape index (κ3) is 8.98. The largest absolute Gasteiger partial charge is 0.497 e. The minimum atomic E-state index is -0.648. The summed E-state index contributed by atoms with van der Waals surface area (Å²) in [5.41, 5.74) is 1.91. The number of nitrogens with zero attached hydrogens (tertiary/aromatic N) is 1. The van der Waals surface area contributed by atoms with Crippen molar-refractivity contribution >= 4 is 11.8 Å². The van der Waals surface area contributed by atoms with Crippen molar-refractivity contribution in [1.29, 1.82) is 0 Å². The van der Waals surface area contributed by atoms with Gasteiger partial charge < -0.3 is 19.7 Å². The number of rotatable bonds is 14. The van der Waals surface area contributed by atoms with Gasteiger partial charge in [-0.1, -0.05) is 67.6 Å². The van der Waals surface area contributed by atoms with E-state index in [2.05, 4.69) is 5.32 Å². The fourth-order valence-electron chi connectivity index (χ4n) is 4.04. The van der Waals surface area contributed by atoms with Gasteiger partial charge in [-0.2, -0.15) is 0 Å². The lowest BCUT2D eigenvalue weighted by atomic mass is 10.0. The third-order valence-electron chi connectivity index (χ3n) is 6.31. The molecule has 0 fully saturated rings. The van der Waals surface area contributed by atoms with E-state index < -0.39 is 6.04 Å². The molecule has 6 nitrogen and oxygen atoms in total. The molecule has 1 N–H and O–H groups in total. The summed E-state index contributed by atoms with van der Waals surface area (Å²) < 4.78 is 11.2. The van der Waals surface area contributed by atoms with E-state index in [0.717, 1.165) is 23.3 Å². The monoisotopic (exact) mass is 502 g/mol. The van der Waals surface area contributed by atoms with Crippen molar-refractivity contribution in [3.8, 4) is 11.5 Å². The highest BCUT2D eigenvalue weighted by molar-refractivity contribution is 5.88. The standard InChI is InChI=1S/C31H38N2O4/c1-4-24(2)32-31(35)29(22-25-13-7-5-8-14-25)33(23-26-15-11-18-28(21-26)36-3)30(34)19-12-20-37-27-16-9-6-10-17-27/h5-11,13-18,21,24,29H,4,12,19-20,22-23H2,1-3H3,(H,32,35)/t24-,29-/m0/s1. The van der Waals surface area contributed by atoms with Crippen molar-refractivity contribution in [2.75, 3.05) is 13.7 Å². The highest BCUT2D eigenvalue weighted by atomic mass is 16.5. The van der Waals surface area contributed by atoms with E-state index in [1.165, 1.54) is 0 Å². The molecule has 0 saturated heterocycles. The number of nitrogens with one attached hydrogen (secondary N) is 1. The van der Waals surface area contributed by atoms with Gasteiger partial charge in [0.25, 0.3) is 0 Å². The van der Waals surface area contributed by atoms with Crippen molar-refractivity contribution in [2.24, 2.45) is 0 Å². The van der Waals surface area contributed by atoms with Crippen LogP contribution in [0.4, 0.5) is 0 Å². The van der Waals surface area contributed by atoms with Crippen LogP contribution in [0.15, 0.2) is 84.9 Å². The van der Waals surface area contributed by atoms with Crippen LogP contribution in [-0.2, 0) is 22.6 Å². The number of ether oxygens (including phenoxy) is 2. The summed E-state index contributed by atoms with van der Waals surface area (Å²) >= 11 is 0. The second-order valence-electron chi connectivity index (χ2n) is 9.16. The Kier molecular flexibility index (Phi) is 11.0. The second kappa shape index (κ2) is 14.7. The predicted octanol–water partition coefficient (Wildman–Crippen LogP) is 5.41. The van der Waals surface area contributed by atoms with Crippen molar-refractivity contribution < 1.29 is 19.1 Å². The Morgan fingerprint density at radius 1 is 0.892 bits per heavy atom. The molecule has 196 valence electrons. The lowest BCUT2D eigenvalue weighted by Crippen LogP contribution is -2.52. The van der Waals surface area contributed by atoms with Crippen LogP contribution in [0.2, 0.25) is 0 Å². The molecule has 0 saturated carbocycles. The molecule has 0 spiro atoms. The molecule has 0 heterocycles. The molecule has 6 heteroatoms. The number of benzene rings is 3. The molecular formula is C31H38N2O4. The summed E-state index contributed by atoms with van der Waals surface area (Å²) in [5.74, 6) is 1.26. The zero-order chi connectivity index (χ0) is 26.5. The maximum atomic E-state index is 13.7. The molecule has 0 aliphatic heterocycles. The highest BCUT2D eigenvalue weighted by Crippen LogP contribution is 2.20. The number of amides is 2. The number of carbonyl (C=O) groups is 2. The van der Waals surface area contributed by atoms with Crippen molar-refractivity contribution in [2.45, 2.75) is 58.2 Å². The van der Waals surface area contributed by atoms with Gasteiger partial charge in [-0.25, -0.2) is 0 Å². The molecule has 37 heavy (non-hydrogen) atoms. The van der Waals surface area contributed by atoms with Gasteiger partial charge in [0.05, 0.1) is 13.7 Å². The molecule has 0 radical (unpaired) electrons. The summed E-state index contributed by atoms with van der Waals surface area (Å²) in [6, 6.07) is 26.4.